The Balaban J connectivity index is 1.87. The average molecular weight is 442 g/mol. The van der Waals surface area contributed by atoms with Gasteiger partial charge in [-0.3, -0.25) is 14.6 Å². The molecule has 0 amide bonds. The number of rotatable bonds is 7. The predicted octanol–water partition coefficient (Wildman–Crippen LogP) is 5.46. The molecule has 1 atom stereocenters. The number of nitrogens with zero attached hydrogens (tertiary/aromatic N) is 1. The van der Waals surface area contributed by atoms with Crippen molar-refractivity contribution in [1.29, 1.82) is 0 Å². The number of hydrogen-bond donors (Lipinski definition) is 1. The summed E-state index contributed by atoms with van der Waals surface area (Å²) in [4.78, 5) is 27.3. The normalized spacial score (nSPS) is 16.0. The second-order valence-electron chi connectivity index (χ2n) is 7.19. The third kappa shape index (κ3) is 5.11. The number of halogens is 4. The minimum Gasteiger partial charge on any atom is -0.481 e. The van der Waals surface area contributed by atoms with Crippen LogP contribution in [0.2, 0.25) is 5.02 Å². The molecule has 1 saturated carbocycles. The van der Waals surface area contributed by atoms with E-state index in [0.717, 1.165) is 12.1 Å². The maximum atomic E-state index is 14.5. The van der Waals surface area contributed by atoms with E-state index in [-0.39, 0.29) is 33.5 Å². The van der Waals surface area contributed by atoms with E-state index in [0.29, 0.717) is 32.1 Å². The monoisotopic (exact) mass is 441 g/mol. The molecule has 1 aliphatic rings. The highest BCUT2D eigenvalue weighted by Crippen LogP contribution is 2.38. The van der Waals surface area contributed by atoms with Crippen LogP contribution in [-0.2, 0) is 9.59 Å². The fourth-order valence-corrected chi connectivity index (χ4v) is 3.83. The minimum atomic E-state index is -3.16. The topological polar surface area (TPSA) is 76.5 Å². The molecular weight excluding hydrogens is 423 g/mol. The summed E-state index contributed by atoms with van der Waals surface area (Å²) in [7, 11) is 0. The number of Topliss-reactive ketones (excluding diaryl/α,β-unsaturated/α-hetero) is 1. The van der Waals surface area contributed by atoms with E-state index in [9.17, 15) is 27.9 Å². The molecule has 1 unspecified atom stereocenters. The molecule has 1 aliphatic carbocycles. The number of benzene rings is 1. The summed E-state index contributed by atoms with van der Waals surface area (Å²) in [5, 5.41) is 9.36. The maximum Gasteiger partial charge on any atom is 0.387 e. The largest absolute Gasteiger partial charge is 0.481 e. The van der Waals surface area contributed by atoms with E-state index in [1.165, 1.54) is 18.3 Å². The maximum absolute atomic E-state index is 14.5. The molecule has 3 rings (SSSR count). The van der Waals surface area contributed by atoms with Crippen molar-refractivity contribution in [2.75, 3.05) is 0 Å². The lowest BCUT2D eigenvalue weighted by Gasteiger charge is -2.24. The zero-order valence-corrected chi connectivity index (χ0v) is 16.5. The Morgan fingerprint density at radius 3 is 2.50 bits per heavy atom. The van der Waals surface area contributed by atoms with Gasteiger partial charge in [0.1, 0.15) is 11.5 Å². The van der Waals surface area contributed by atoms with Gasteiger partial charge in [0.25, 0.3) is 0 Å². The van der Waals surface area contributed by atoms with Crippen molar-refractivity contribution in [3.8, 4) is 16.9 Å². The van der Waals surface area contributed by atoms with Crippen molar-refractivity contribution < 1.29 is 32.6 Å². The Bertz CT molecular complexity index is 927. The van der Waals surface area contributed by atoms with Crippen LogP contribution >= 0.6 is 11.6 Å². The van der Waals surface area contributed by atoms with Crippen LogP contribution in [0, 0.1) is 11.7 Å². The quantitative estimate of drug-likeness (QED) is 0.617. The van der Waals surface area contributed by atoms with Gasteiger partial charge in [-0.2, -0.15) is 8.78 Å². The Kier molecular flexibility index (Phi) is 6.97. The van der Waals surface area contributed by atoms with Crippen LogP contribution in [0.15, 0.2) is 30.5 Å². The minimum absolute atomic E-state index is 0.0988. The lowest BCUT2D eigenvalue weighted by atomic mass is 9.81. The van der Waals surface area contributed by atoms with Crippen molar-refractivity contribution >= 4 is 23.4 Å². The zero-order chi connectivity index (χ0) is 21.8. The summed E-state index contributed by atoms with van der Waals surface area (Å²) in [6.07, 6.45) is 3.73. The number of carbonyl (C=O) groups is 2. The molecular formula is C21H19ClF3NO4. The fourth-order valence-electron chi connectivity index (χ4n) is 3.67. The molecule has 5 nitrogen and oxygen atoms in total. The summed E-state index contributed by atoms with van der Waals surface area (Å²) in [6, 6.07) is 5.06. The number of ketones is 1. The smallest absolute Gasteiger partial charge is 0.387 e. The van der Waals surface area contributed by atoms with E-state index in [4.69, 9.17) is 11.6 Å². The lowest BCUT2D eigenvalue weighted by molar-refractivity contribution is -0.139. The van der Waals surface area contributed by atoms with Crippen molar-refractivity contribution in [3.63, 3.8) is 0 Å². The summed E-state index contributed by atoms with van der Waals surface area (Å²) < 4.78 is 44.2. The molecule has 0 spiro atoms. The molecule has 2 aromatic rings. The summed E-state index contributed by atoms with van der Waals surface area (Å²) >= 11 is 5.77. The number of carbonyl (C=O) groups excluding carboxylic acids is 1. The number of pyridine rings is 1. The van der Waals surface area contributed by atoms with Crippen molar-refractivity contribution in [2.24, 2.45) is 5.92 Å². The van der Waals surface area contributed by atoms with Gasteiger partial charge in [0, 0.05) is 24.6 Å². The van der Waals surface area contributed by atoms with Gasteiger partial charge >= 0.3 is 12.6 Å². The highest BCUT2D eigenvalue weighted by Gasteiger charge is 2.28. The van der Waals surface area contributed by atoms with Crippen LogP contribution < -0.4 is 4.74 Å². The predicted molar refractivity (Wildman–Crippen MR) is 103 cm³/mol. The van der Waals surface area contributed by atoms with Gasteiger partial charge in [-0.1, -0.05) is 17.7 Å². The van der Waals surface area contributed by atoms with E-state index in [1.807, 2.05) is 0 Å². The van der Waals surface area contributed by atoms with Gasteiger partial charge in [-0.05, 0) is 43.4 Å². The molecule has 0 saturated heterocycles. The molecule has 1 aromatic carbocycles. The first-order valence-electron chi connectivity index (χ1n) is 9.40. The van der Waals surface area contributed by atoms with E-state index in [1.54, 1.807) is 0 Å². The second kappa shape index (κ2) is 9.47. The Morgan fingerprint density at radius 1 is 1.23 bits per heavy atom. The second-order valence-corrected chi connectivity index (χ2v) is 7.60. The van der Waals surface area contributed by atoms with Crippen molar-refractivity contribution in [2.45, 2.75) is 44.6 Å². The number of hydrogen-bond acceptors (Lipinski definition) is 4. The van der Waals surface area contributed by atoms with Gasteiger partial charge in [-0.15, -0.1) is 0 Å². The molecule has 0 radical (unpaired) electrons. The highest BCUT2D eigenvalue weighted by molar-refractivity contribution is 6.31. The van der Waals surface area contributed by atoms with Crippen LogP contribution in [0.3, 0.4) is 0 Å². The summed E-state index contributed by atoms with van der Waals surface area (Å²) in [6.45, 7) is -3.16. The van der Waals surface area contributed by atoms with Gasteiger partial charge in [0.05, 0.1) is 22.2 Å². The van der Waals surface area contributed by atoms with Crippen LogP contribution in [0.25, 0.3) is 11.1 Å². The van der Waals surface area contributed by atoms with Gasteiger partial charge in [-0.25, -0.2) is 4.39 Å². The van der Waals surface area contributed by atoms with E-state index < -0.39 is 30.1 Å². The van der Waals surface area contributed by atoms with Gasteiger partial charge < -0.3 is 9.84 Å². The molecule has 1 heterocycles. The zero-order valence-electron chi connectivity index (χ0n) is 15.8. The third-order valence-corrected chi connectivity index (χ3v) is 5.53. The summed E-state index contributed by atoms with van der Waals surface area (Å²) in [5.41, 5.74) is 0.114. The van der Waals surface area contributed by atoms with Crippen LogP contribution in [-0.4, -0.2) is 28.5 Å². The SMILES string of the molecule is O=C1CCC(CC(C(=O)O)c2ccc(-c3c(OC(F)F)ccc(Cl)c3F)cn2)CC1. The number of carboxylic acid groups (broad SMARTS) is 1. The molecule has 1 N–H and O–H groups in total. The Hall–Kier alpha value is -2.61. The molecule has 9 heteroatoms. The third-order valence-electron chi connectivity index (χ3n) is 5.23. The standard InChI is InChI=1S/C21H19ClF3NO4/c22-15-6-8-17(30-21(24)25)18(19(15)23)12-3-7-16(26-10-12)14(20(28)29)9-11-1-4-13(27)5-2-11/h3,6-8,10-11,14,21H,1-2,4-5,9H2,(H,28,29). The lowest BCUT2D eigenvalue weighted by Crippen LogP contribution is -2.21. The first-order chi connectivity index (χ1) is 14.3. The highest BCUT2D eigenvalue weighted by atomic mass is 35.5. The molecule has 0 aliphatic heterocycles. The summed E-state index contributed by atoms with van der Waals surface area (Å²) in [5.74, 6) is -3.00. The molecule has 30 heavy (non-hydrogen) atoms. The number of ether oxygens (including phenoxy) is 1. The molecule has 1 fully saturated rings. The first-order valence-corrected chi connectivity index (χ1v) is 9.77. The van der Waals surface area contributed by atoms with Crippen molar-refractivity contribution in [3.05, 3.63) is 47.0 Å². The van der Waals surface area contributed by atoms with Crippen molar-refractivity contribution in [1.82, 2.24) is 4.98 Å². The number of aromatic nitrogens is 1. The van der Waals surface area contributed by atoms with Crippen LogP contribution in [0.4, 0.5) is 13.2 Å². The molecule has 0 bridgehead atoms. The average Bonchev–Trinajstić information content (AvgIpc) is 2.70. The van der Waals surface area contributed by atoms with E-state index >= 15 is 0 Å². The first kappa shape index (κ1) is 22.1. The Morgan fingerprint density at radius 2 is 1.93 bits per heavy atom. The van der Waals surface area contributed by atoms with Crippen LogP contribution in [0.1, 0.15) is 43.7 Å². The molecule has 160 valence electrons. The van der Waals surface area contributed by atoms with Crippen LogP contribution in [0.5, 0.6) is 5.75 Å². The number of aliphatic carboxylic acids is 1. The fraction of sp³-hybridized carbons (Fsp3) is 0.381. The van der Waals surface area contributed by atoms with Gasteiger partial charge in [0.15, 0.2) is 5.82 Å². The van der Waals surface area contributed by atoms with Gasteiger partial charge in [0.2, 0.25) is 0 Å². The Labute approximate surface area is 175 Å². The van der Waals surface area contributed by atoms with E-state index in [2.05, 4.69) is 9.72 Å². The molecule has 1 aromatic heterocycles. The number of carboxylic acids is 1. The number of alkyl halides is 2.